The molecule has 126 valence electrons. The molecule has 24 heavy (non-hydrogen) atoms. The van der Waals surface area contributed by atoms with Crippen LogP contribution in [-0.4, -0.2) is 29.8 Å². The van der Waals surface area contributed by atoms with Crippen molar-refractivity contribution in [1.29, 1.82) is 0 Å². The number of anilines is 2. The highest BCUT2D eigenvalue weighted by molar-refractivity contribution is 5.89. The summed E-state index contributed by atoms with van der Waals surface area (Å²) in [7, 11) is 0. The fraction of sp³-hybridized carbons (Fsp3) is 0.263. The monoisotopic (exact) mass is 325 g/mol. The molecule has 0 saturated carbocycles. The van der Waals surface area contributed by atoms with E-state index in [2.05, 4.69) is 10.6 Å². The van der Waals surface area contributed by atoms with Crippen molar-refractivity contribution in [2.75, 3.05) is 23.7 Å². The van der Waals surface area contributed by atoms with Crippen LogP contribution in [-0.2, 0) is 16.1 Å². The van der Waals surface area contributed by atoms with Crippen molar-refractivity contribution in [2.45, 2.75) is 20.4 Å². The van der Waals surface area contributed by atoms with E-state index in [1.54, 1.807) is 12.1 Å². The maximum Gasteiger partial charge on any atom is 0.242 e. The van der Waals surface area contributed by atoms with Gasteiger partial charge in [0.05, 0.1) is 6.54 Å². The Morgan fingerprint density at radius 3 is 2.17 bits per heavy atom. The first kappa shape index (κ1) is 17.5. The molecule has 0 spiro atoms. The maximum absolute atomic E-state index is 12.4. The van der Waals surface area contributed by atoms with Gasteiger partial charge >= 0.3 is 0 Å². The van der Waals surface area contributed by atoms with Crippen LogP contribution in [0.4, 0.5) is 11.4 Å². The number of nitrogens with zero attached hydrogens (tertiary/aromatic N) is 1. The molecule has 2 aromatic carbocycles. The average Bonchev–Trinajstić information content (AvgIpc) is 2.59. The van der Waals surface area contributed by atoms with Gasteiger partial charge in [0.1, 0.15) is 0 Å². The zero-order valence-corrected chi connectivity index (χ0v) is 14.1. The first-order chi connectivity index (χ1) is 11.6. The molecule has 2 amide bonds. The van der Waals surface area contributed by atoms with Gasteiger partial charge in [-0.25, -0.2) is 0 Å². The van der Waals surface area contributed by atoms with Gasteiger partial charge in [-0.15, -0.1) is 0 Å². The predicted molar refractivity (Wildman–Crippen MR) is 96.8 cm³/mol. The van der Waals surface area contributed by atoms with Gasteiger partial charge in [-0.2, -0.15) is 0 Å². The third kappa shape index (κ3) is 5.43. The van der Waals surface area contributed by atoms with Gasteiger partial charge in [0.25, 0.3) is 0 Å². The summed E-state index contributed by atoms with van der Waals surface area (Å²) in [6, 6.07) is 17.2. The summed E-state index contributed by atoms with van der Waals surface area (Å²) in [5.41, 5.74) is 2.69. The molecule has 0 unspecified atom stereocenters. The molecular formula is C19H23N3O2. The molecule has 0 aromatic heterocycles. The topological polar surface area (TPSA) is 61.4 Å². The minimum absolute atomic E-state index is 0.0484. The number of carbonyl (C=O) groups is 2. The second-order valence-electron chi connectivity index (χ2n) is 5.51. The van der Waals surface area contributed by atoms with Crippen molar-refractivity contribution < 1.29 is 9.59 Å². The summed E-state index contributed by atoms with van der Waals surface area (Å²) in [6.07, 6.45) is 0. The van der Waals surface area contributed by atoms with Crippen LogP contribution in [0.2, 0.25) is 0 Å². The molecule has 2 aromatic rings. The Kier molecular flexibility index (Phi) is 6.37. The maximum atomic E-state index is 12.4. The Morgan fingerprint density at radius 1 is 0.958 bits per heavy atom. The van der Waals surface area contributed by atoms with Crippen LogP contribution in [0.25, 0.3) is 0 Å². The first-order valence-electron chi connectivity index (χ1n) is 8.01. The van der Waals surface area contributed by atoms with E-state index in [-0.39, 0.29) is 18.4 Å². The van der Waals surface area contributed by atoms with Crippen molar-refractivity contribution in [3.05, 3.63) is 60.2 Å². The SMILES string of the molecule is CCN(Cc1ccccc1)C(=O)CNc1ccc(NC(C)=O)cc1. The van der Waals surface area contributed by atoms with Crippen LogP contribution in [0.3, 0.4) is 0 Å². The van der Waals surface area contributed by atoms with Crippen molar-refractivity contribution in [3.63, 3.8) is 0 Å². The number of hydrogen-bond donors (Lipinski definition) is 2. The summed E-state index contributed by atoms with van der Waals surface area (Å²) < 4.78 is 0. The van der Waals surface area contributed by atoms with Crippen LogP contribution in [0.15, 0.2) is 54.6 Å². The summed E-state index contributed by atoms with van der Waals surface area (Å²) in [4.78, 5) is 25.2. The van der Waals surface area contributed by atoms with Gasteiger partial charge < -0.3 is 15.5 Å². The largest absolute Gasteiger partial charge is 0.376 e. The molecule has 5 nitrogen and oxygen atoms in total. The fourth-order valence-corrected chi connectivity index (χ4v) is 2.34. The number of likely N-dealkylation sites (N-methyl/N-ethyl adjacent to an activating group) is 1. The lowest BCUT2D eigenvalue weighted by Crippen LogP contribution is -2.34. The number of amides is 2. The van der Waals surface area contributed by atoms with Gasteiger partial charge in [-0.1, -0.05) is 30.3 Å². The van der Waals surface area contributed by atoms with Crippen LogP contribution in [0.1, 0.15) is 19.4 Å². The lowest BCUT2D eigenvalue weighted by Gasteiger charge is -2.21. The molecule has 0 aliphatic rings. The van der Waals surface area contributed by atoms with E-state index >= 15 is 0 Å². The van der Waals surface area contributed by atoms with Crippen LogP contribution < -0.4 is 10.6 Å². The van der Waals surface area contributed by atoms with Crippen LogP contribution in [0.5, 0.6) is 0 Å². The quantitative estimate of drug-likeness (QED) is 0.822. The Morgan fingerprint density at radius 2 is 1.58 bits per heavy atom. The fourth-order valence-electron chi connectivity index (χ4n) is 2.34. The molecule has 0 aliphatic heterocycles. The average molecular weight is 325 g/mol. The number of benzene rings is 2. The summed E-state index contributed by atoms with van der Waals surface area (Å²) in [6.45, 7) is 4.95. The molecule has 0 aliphatic carbocycles. The highest BCUT2D eigenvalue weighted by Gasteiger charge is 2.11. The van der Waals surface area contributed by atoms with Crippen LogP contribution >= 0.6 is 0 Å². The third-order valence-corrected chi connectivity index (χ3v) is 3.60. The Bertz CT molecular complexity index is 669. The minimum atomic E-state index is -0.106. The lowest BCUT2D eigenvalue weighted by atomic mass is 10.2. The summed E-state index contributed by atoms with van der Waals surface area (Å²) in [5.74, 6) is -0.0577. The Labute approximate surface area is 142 Å². The molecule has 5 heteroatoms. The number of nitrogens with one attached hydrogen (secondary N) is 2. The van der Waals surface area contributed by atoms with Crippen molar-refractivity contribution in [1.82, 2.24) is 4.90 Å². The molecule has 0 fully saturated rings. The van der Waals surface area contributed by atoms with Gasteiger partial charge in [-0.3, -0.25) is 9.59 Å². The lowest BCUT2D eigenvalue weighted by molar-refractivity contribution is -0.129. The molecule has 0 saturated heterocycles. The van der Waals surface area contributed by atoms with E-state index in [1.165, 1.54) is 6.92 Å². The van der Waals surface area contributed by atoms with Crippen LogP contribution in [0, 0.1) is 0 Å². The standard InChI is InChI=1S/C19H23N3O2/c1-3-22(14-16-7-5-4-6-8-16)19(24)13-20-17-9-11-18(12-10-17)21-15(2)23/h4-12,20H,3,13-14H2,1-2H3,(H,21,23). The van der Waals surface area contributed by atoms with E-state index in [4.69, 9.17) is 0 Å². The van der Waals surface area contributed by atoms with Gasteiger partial charge in [0.15, 0.2) is 0 Å². The molecule has 0 radical (unpaired) electrons. The number of carbonyl (C=O) groups excluding carboxylic acids is 2. The van der Waals surface area contributed by atoms with E-state index in [1.807, 2.05) is 54.3 Å². The van der Waals surface area contributed by atoms with E-state index in [9.17, 15) is 9.59 Å². The van der Waals surface area contributed by atoms with E-state index in [0.29, 0.717) is 13.1 Å². The molecular weight excluding hydrogens is 302 g/mol. The highest BCUT2D eigenvalue weighted by atomic mass is 16.2. The summed E-state index contributed by atoms with van der Waals surface area (Å²) >= 11 is 0. The van der Waals surface area contributed by atoms with Crippen molar-refractivity contribution in [3.8, 4) is 0 Å². The highest BCUT2D eigenvalue weighted by Crippen LogP contribution is 2.13. The van der Waals surface area contributed by atoms with Gasteiger partial charge in [0.2, 0.25) is 11.8 Å². The van der Waals surface area contributed by atoms with E-state index in [0.717, 1.165) is 16.9 Å². The molecule has 0 atom stereocenters. The Balaban J connectivity index is 1.87. The van der Waals surface area contributed by atoms with Gasteiger partial charge in [-0.05, 0) is 36.8 Å². The number of hydrogen-bond acceptors (Lipinski definition) is 3. The summed E-state index contributed by atoms with van der Waals surface area (Å²) in [5, 5.41) is 5.83. The smallest absolute Gasteiger partial charge is 0.242 e. The molecule has 0 bridgehead atoms. The van der Waals surface area contributed by atoms with Crippen molar-refractivity contribution >= 4 is 23.2 Å². The zero-order chi connectivity index (χ0) is 17.4. The normalized spacial score (nSPS) is 10.1. The Hall–Kier alpha value is -2.82. The second-order valence-corrected chi connectivity index (χ2v) is 5.51. The second kappa shape index (κ2) is 8.72. The van der Waals surface area contributed by atoms with Crippen molar-refractivity contribution in [2.24, 2.45) is 0 Å². The number of rotatable bonds is 7. The first-order valence-corrected chi connectivity index (χ1v) is 8.01. The molecule has 2 N–H and O–H groups in total. The van der Waals surface area contributed by atoms with Gasteiger partial charge in [0, 0.05) is 31.4 Å². The minimum Gasteiger partial charge on any atom is -0.376 e. The zero-order valence-electron chi connectivity index (χ0n) is 14.1. The molecule has 0 heterocycles. The van der Waals surface area contributed by atoms with E-state index < -0.39 is 0 Å². The molecule has 2 rings (SSSR count). The predicted octanol–water partition coefficient (Wildman–Crippen LogP) is 3.11. The third-order valence-electron chi connectivity index (χ3n) is 3.60.